The Morgan fingerprint density at radius 2 is 2.53 bits per heavy atom. The van der Waals surface area contributed by atoms with E-state index >= 15 is 0 Å². The topological polar surface area (TPSA) is 37.0 Å². The Kier molecular flexibility index (Phi) is 3.59. The Morgan fingerprint density at radius 1 is 1.67 bits per heavy atom. The van der Waals surface area contributed by atoms with Crippen molar-refractivity contribution in [2.24, 2.45) is 0 Å². The van der Waals surface area contributed by atoms with Gasteiger partial charge in [0.05, 0.1) is 5.69 Å². The summed E-state index contributed by atoms with van der Waals surface area (Å²) in [5.41, 5.74) is 1.19. The molecule has 2 heterocycles. The summed E-state index contributed by atoms with van der Waals surface area (Å²) < 4.78 is 0. The standard InChI is InChI=1S/C11H19N3S/c1-3-9-7-15-11(13-9)14-10-5-4-6-12-8(10)2/h7-8,10,12H,3-6H2,1-2H3,(H,13,14). The molecule has 1 aromatic heterocycles. The largest absolute Gasteiger partial charge is 0.357 e. The Labute approximate surface area is 95.3 Å². The summed E-state index contributed by atoms with van der Waals surface area (Å²) in [4.78, 5) is 4.54. The van der Waals surface area contributed by atoms with Gasteiger partial charge in [-0.25, -0.2) is 4.98 Å². The van der Waals surface area contributed by atoms with Crippen LogP contribution in [-0.2, 0) is 6.42 Å². The molecule has 15 heavy (non-hydrogen) atoms. The number of nitrogens with one attached hydrogen (secondary N) is 2. The minimum atomic E-state index is 0.537. The lowest BCUT2D eigenvalue weighted by molar-refractivity contribution is 0.389. The quantitative estimate of drug-likeness (QED) is 0.828. The third kappa shape index (κ3) is 2.69. The van der Waals surface area contributed by atoms with Crippen molar-refractivity contribution in [3.63, 3.8) is 0 Å². The van der Waals surface area contributed by atoms with E-state index in [1.807, 2.05) is 0 Å². The summed E-state index contributed by atoms with van der Waals surface area (Å²) in [6.45, 7) is 5.53. The van der Waals surface area contributed by atoms with Crippen molar-refractivity contribution in [3.8, 4) is 0 Å². The van der Waals surface area contributed by atoms with Crippen LogP contribution in [0.3, 0.4) is 0 Å². The highest BCUT2D eigenvalue weighted by Gasteiger charge is 2.21. The maximum absolute atomic E-state index is 4.54. The van der Waals surface area contributed by atoms with Crippen molar-refractivity contribution in [2.75, 3.05) is 11.9 Å². The molecule has 2 rings (SSSR count). The molecular formula is C11H19N3S. The van der Waals surface area contributed by atoms with Gasteiger partial charge in [-0.05, 0) is 32.7 Å². The maximum Gasteiger partial charge on any atom is 0.183 e. The molecule has 2 unspecified atom stereocenters. The van der Waals surface area contributed by atoms with E-state index in [0.29, 0.717) is 12.1 Å². The predicted molar refractivity (Wildman–Crippen MR) is 65.6 cm³/mol. The Hall–Kier alpha value is -0.610. The smallest absolute Gasteiger partial charge is 0.183 e. The number of nitrogens with zero attached hydrogens (tertiary/aromatic N) is 1. The van der Waals surface area contributed by atoms with E-state index < -0.39 is 0 Å². The monoisotopic (exact) mass is 225 g/mol. The molecule has 1 aliphatic heterocycles. The molecular weight excluding hydrogens is 206 g/mol. The maximum atomic E-state index is 4.54. The minimum absolute atomic E-state index is 0.537. The Balaban J connectivity index is 1.95. The summed E-state index contributed by atoms with van der Waals surface area (Å²) >= 11 is 1.72. The van der Waals surface area contributed by atoms with Crippen LogP contribution in [0.5, 0.6) is 0 Å². The van der Waals surface area contributed by atoms with Crippen molar-refractivity contribution < 1.29 is 0 Å². The number of thiazole rings is 1. The van der Waals surface area contributed by atoms with Crippen molar-refractivity contribution in [2.45, 2.75) is 45.2 Å². The lowest BCUT2D eigenvalue weighted by atomic mass is 10.0. The fourth-order valence-corrected chi connectivity index (χ4v) is 2.79. The van der Waals surface area contributed by atoms with Crippen LogP contribution in [0.15, 0.2) is 5.38 Å². The van der Waals surface area contributed by atoms with Gasteiger partial charge in [-0.15, -0.1) is 11.3 Å². The van der Waals surface area contributed by atoms with E-state index in [2.05, 4.69) is 34.8 Å². The number of hydrogen-bond donors (Lipinski definition) is 2. The van der Waals surface area contributed by atoms with Gasteiger partial charge in [0.25, 0.3) is 0 Å². The van der Waals surface area contributed by atoms with E-state index in [4.69, 9.17) is 0 Å². The number of rotatable bonds is 3. The van der Waals surface area contributed by atoms with Gasteiger partial charge in [0.1, 0.15) is 0 Å². The zero-order chi connectivity index (χ0) is 10.7. The molecule has 0 radical (unpaired) electrons. The van der Waals surface area contributed by atoms with Gasteiger partial charge in [0, 0.05) is 17.5 Å². The second-order valence-corrected chi connectivity index (χ2v) is 4.99. The van der Waals surface area contributed by atoms with Crippen LogP contribution in [-0.4, -0.2) is 23.6 Å². The van der Waals surface area contributed by atoms with E-state index in [1.165, 1.54) is 18.5 Å². The molecule has 4 heteroatoms. The first-order valence-corrected chi connectivity index (χ1v) is 6.62. The Bertz CT molecular complexity index is 311. The third-order valence-electron chi connectivity index (χ3n) is 2.98. The van der Waals surface area contributed by atoms with Crippen LogP contribution >= 0.6 is 11.3 Å². The zero-order valence-corrected chi connectivity index (χ0v) is 10.2. The molecule has 1 saturated heterocycles. The number of aromatic nitrogens is 1. The second kappa shape index (κ2) is 4.94. The van der Waals surface area contributed by atoms with Crippen LogP contribution in [0.4, 0.5) is 5.13 Å². The first-order valence-electron chi connectivity index (χ1n) is 5.74. The first-order chi connectivity index (χ1) is 7.29. The lowest BCUT2D eigenvalue weighted by Crippen LogP contribution is -2.46. The van der Waals surface area contributed by atoms with Crippen LogP contribution < -0.4 is 10.6 Å². The number of aryl methyl sites for hydroxylation is 1. The van der Waals surface area contributed by atoms with Gasteiger partial charge in [-0.1, -0.05) is 6.92 Å². The summed E-state index contributed by atoms with van der Waals surface area (Å²) in [5, 5.41) is 10.2. The molecule has 2 atom stereocenters. The van der Waals surface area contributed by atoms with E-state index in [0.717, 1.165) is 18.1 Å². The lowest BCUT2D eigenvalue weighted by Gasteiger charge is -2.30. The molecule has 0 aliphatic carbocycles. The van der Waals surface area contributed by atoms with E-state index in [1.54, 1.807) is 11.3 Å². The average molecular weight is 225 g/mol. The molecule has 84 valence electrons. The second-order valence-electron chi connectivity index (χ2n) is 4.13. The number of hydrogen-bond acceptors (Lipinski definition) is 4. The van der Waals surface area contributed by atoms with Crippen molar-refractivity contribution in [3.05, 3.63) is 11.1 Å². The van der Waals surface area contributed by atoms with Crippen molar-refractivity contribution in [1.29, 1.82) is 0 Å². The highest BCUT2D eigenvalue weighted by molar-refractivity contribution is 7.13. The predicted octanol–water partition coefficient (Wildman–Crippen LogP) is 2.26. The minimum Gasteiger partial charge on any atom is -0.357 e. The summed E-state index contributed by atoms with van der Waals surface area (Å²) in [5.74, 6) is 0. The summed E-state index contributed by atoms with van der Waals surface area (Å²) in [6, 6.07) is 1.09. The van der Waals surface area contributed by atoms with Gasteiger partial charge in [0.2, 0.25) is 0 Å². The molecule has 1 aromatic rings. The van der Waals surface area contributed by atoms with E-state index in [9.17, 15) is 0 Å². The average Bonchev–Trinajstić information content (AvgIpc) is 2.69. The van der Waals surface area contributed by atoms with Gasteiger partial charge >= 0.3 is 0 Å². The molecule has 1 fully saturated rings. The summed E-state index contributed by atoms with van der Waals surface area (Å²) in [7, 11) is 0. The summed E-state index contributed by atoms with van der Waals surface area (Å²) in [6.07, 6.45) is 3.53. The fourth-order valence-electron chi connectivity index (χ4n) is 1.94. The molecule has 0 saturated carbocycles. The molecule has 3 nitrogen and oxygen atoms in total. The normalized spacial score (nSPS) is 26.5. The van der Waals surface area contributed by atoms with E-state index in [-0.39, 0.29) is 0 Å². The number of anilines is 1. The highest BCUT2D eigenvalue weighted by Crippen LogP contribution is 2.20. The highest BCUT2D eigenvalue weighted by atomic mass is 32.1. The van der Waals surface area contributed by atoms with Crippen LogP contribution in [0, 0.1) is 0 Å². The van der Waals surface area contributed by atoms with Crippen molar-refractivity contribution >= 4 is 16.5 Å². The molecule has 0 amide bonds. The molecule has 1 aliphatic rings. The molecule has 0 bridgehead atoms. The molecule has 0 aromatic carbocycles. The van der Waals surface area contributed by atoms with Crippen LogP contribution in [0.1, 0.15) is 32.4 Å². The zero-order valence-electron chi connectivity index (χ0n) is 9.42. The van der Waals surface area contributed by atoms with Gasteiger partial charge < -0.3 is 10.6 Å². The van der Waals surface area contributed by atoms with Gasteiger partial charge in [-0.2, -0.15) is 0 Å². The van der Waals surface area contributed by atoms with Crippen molar-refractivity contribution in [1.82, 2.24) is 10.3 Å². The number of piperidine rings is 1. The first kappa shape index (κ1) is 10.9. The van der Waals surface area contributed by atoms with Gasteiger partial charge in [-0.3, -0.25) is 0 Å². The fraction of sp³-hybridized carbons (Fsp3) is 0.727. The SMILES string of the molecule is CCc1csc(NC2CCCNC2C)n1. The third-order valence-corrected chi connectivity index (χ3v) is 3.81. The van der Waals surface area contributed by atoms with Crippen LogP contribution in [0.25, 0.3) is 0 Å². The molecule has 2 N–H and O–H groups in total. The van der Waals surface area contributed by atoms with Crippen LogP contribution in [0.2, 0.25) is 0 Å². The molecule has 0 spiro atoms. The van der Waals surface area contributed by atoms with Gasteiger partial charge in [0.15, 0.2) is 5.13 Å². The Morgan fingerprint density at radius 3 is 3.20 bits per heavy atom.